The number of carbonyl (C=O) groups is 3. The maximum atomic E-state index is 15.0. The third-order valence-electron chi connectivity index (χ3n) is 6.85. The van der Waals surface area contributed by atoms with Crippen LogP contribution in [0.5, 0.6) is 5.75 Å². The van der Waals surface area contributed by atoms with Crippen LogP contribution in [0.15, 0.2) is 91.7 Å². The summed E-state index contributed by atoms with van der Waals surface area (Å²) in [6.45, 7) is -0.200. The van der Waals surface area contributed by atoms with E-state index in [1.807, 2.05) is 0 Å². The molecule has 0 unspecified atom stereocenters. The summed E-state index contributed by atoms with van der Waals surface area (Å²) in [5.41, 5.74) is 23.5. The first-order chi connectivity index (χ1) is 23.4. The molecule has 49 heavy (non-hydrogen) atoms. The number of nitrogens with zero attached hydrogens (tertiary/aromatic N) is 4. The molecule has 0 aliphatic rings. The van der Waals surface area contributed by atoms with Gasteiger partial charge in [0.2, 0.25) is 0 Å². The first-order valence-electron chi connectivity index (χ1n) is 14.1. The van der Waals surface area contributed by atoms with E-state index in [1.54, 1.807) is 12.4 Å². The molecule has 2 aromatic heterocycles. The summed E-state index contributed by atoms with van der Waals surface area (Å²) >= 11 is 0. The molecule has 0 saturated carbocycles. The third-order valence-corrected chi connectivity index (χ3v) is 6.85. The van der Waals surface area contributed by atoms with Gasteiger partial charge in [0.05, 0.1) is 29.1 Å². The van der Waals surface area contributed by atoms with Crippen LogP contribution in [-0.4, -0.2) is 53.8 Å². The Labute approximate surface area is 278 Å². The Morgan fingerprint density at radius 2 is 1.49 bits per heavy atom. The molecule has 1 amide bonds. The molecule has 0 aliphatic heterocycles. The van der Waals surface area contributed by atoms with E-state index in [1.165, 1.54) is 70.6 Å². The number of nitrogens with one attached hydrogen (secondary N) is 1. The van der Waals surface area contributed by atoms with E-state index >= 15 is 0 Å². The van der Waals surface area contributed by atoms with Crippen LogP contribution in [-0.2, 0) is 11.2 Å². The number of carbonyl (C=O) groups excluding carboxylic acids is 1. The second-order valence-electron chi connectivity index (χ2n) is 10.1. The number of benzene rings is 2. The van der Waals surface area contributed by atoms with Gasteiger partial charge in [-0.3, -0.25) is 13.9 Å². The van der Waals surface area contributed by atoms with E-state index in [0.29, 0.717) is 11.6 Å². The highest BCUT2D eigenvalue weighted by Gasteiger charge is 2.20. The van der Waals surface area contributed by atoms with Crippen LogP contribution in [0.3, 0.4) is 0 Å². The number of aromatic carboxylic acids is 2. The van der Waals surface area contributed by atoms with Crippen LogP contribution in [0.2, 0.25) is 0 Å². The van der Waals surface area contributed by atoms with Crippen molar-refractivity contribution in [1.82, 2.24) is 19.1 Å². The standard InChI is InChI=1S/C33H30FN9O6/c1-2-19-13-22(32(45)46)21(25(35)3-5-29(37)42-10-8-39-17-42)14-20(19)7-12-49-28-16-27(23(33(47)48)15-24(28)34)41-31(44)26(36)4-6-30(38)43-11-9-40-18-43/h1,3-6,8-11,13-18H,7,12,35-38H2,(H,41,44)(H,45,46)(H,47,48)/b25-3-,26-4-,29-5+,30-6+. The van der Waals surface area contributed by atoms with E-state index in [2.05, 4.69) is 21.2 Å². The van der Waals surface area contributed by atoms with Gasteiger partial charge in [-0.05, 0) is 48.1 Å². The summed E-state index contributed by atoms with van der Waals surface area (Å²) in [7, 11) is 0. The minimum atomic E-state index is -1.52. The van der Waals surface area contributed by atoms with E-state index in [9.17, 15) is 29.0 Å². The first kappa shape index (κ1) is 34.6. The average Bonchev–Trinajstić information content (AvgIpc) is 3.82. The number of carboxylic acids is 2. The fraction of sp³-hybridized carbons (Fsp3) is 0.0606. The number of hydrogen-bond donors (Lipinski definition) is 7. The van der Waals surface area contributed by atoms with Gasteiger partial charge in [0, 0.05) is 54.1 Å². The van der Waals surface area contributed by atoms with Gasteiger partial charge in [-0.1, -0.05) is 5.92 Å². The predicted octanol–water partition coefficient (Wildman–Crippen LogP) is 2.21. The molecule has 2 heterocycles. The SMILES string of the molecule is C#Cc1cc(C(=O)O)c(/C(N)=C/C=C(\N)n2ccnc2)cc1CCOc1cc(NC(=O)/C(N)=C/C=C(\N)n2ccnc2)c(C(=O)O)cc1F. The highest BCUT2D eigenvalue weighted by molar-refractivity contribution is 6.07. The summed E-state index contributed by atoms with van der Waals surface area (Å²) in [5.74, 6) is -2.22. The van der Waals surface area contributed by atoms with Crippen LogP contribution < -0.4 is 33.0 Å². The Hall–Kier alpha value is -7.28. The van der Waals surface area contributed by atoms with Gasteiger partial charge in [0.25, 0.3) is 5.91 Å². The van der Waals surface area contributed by atoms with E-state index < -0.39 is 35.0 Å². The number of allylic oxidation sites excluding steroid dienone is 4. The van der Waals surface area contributed by atoms with Gasteiger partial charge < -0.3 is 43.2 Å². The number of hydrogen-bond acceptors (Lipinski definition) is 10. The van der Waals surface area contributed by atoms with Gasteiger partial charge >= 0.3 is 11.9 Å². The van der Waals surface area contributed by atoms with Crippen molar-refractivity contribution in [3.05, 3.63) is 125 Å². The molecule has 0 fully saturated rings. The topological polar surface area (TPSA) is 253 Å². The summed E-state index contributed by atoms with van der Waals surface area (Å²) in [6, 6.07) is 4.44. The van der Waals surface area contributed by atoms with Crippen molar-refractivity contribution in [1.29, 1.82) is 0 Å². The van der Waals surface area contributed by atoms with Crippen molar-refractivity contribution in [2.24, 2.45) is 22.9 Å². The monoisotopic (exact) mass is 667 g/mol. The predicted molar refractivity (Wildman–Crippen MR) is 178 cm³/mol. The van der Waals surface area contributed by atoms with Gasteiger partial charge in [-0.25, -0.2) is 23.9 Å². The van der Waals surface area contributed by atoms with Crippen molar-refractivity contribution >= 4 is 40.9 Å². The van der Waals surface area contributed by atoms with Crippen molar-refractivity contribution in [3.63, 3.8) is 0 Å². The Kier molecular flexibility index (Phi) is 10.8. The van der Waals surface area contributed by atoms with Crippen molar-refractivity contribution in [2.75, 3.05) is 11.9 Å². The summed E-state index contributed by atoms with van der Waals surface area (Å²) in [4.78, 5) is 44.4. The van der Waals surface area contributed by atoms with E-state index in [-0.39, 0.29) is 58.4 Å². The highest BCUT2D eigenvalue weighted by atomic mass is 19.1. The number of anilines is 1. The minimum absolute atomic E-state index is 0.0505. The fourth-order valence-electron chi connectivity index (χ4n) is 4.32. The van der Waals surface area contributed by atoms with E-state index in [0.717, 1.165) is 6.07 Å². The number of amides is 1. The van der Waals surface area contributed by atoms with Gasteiger partial charge in [0.1, 0.15) is 24.3 Å². The first-order valence-corrected chi connectivity index (χ1v) is 14.1. The lowest BCUT2D eigenvalue weighted by molar-refractivity contribution is -0.112. The lowest BCUT2D eigenvalue weighted by Gasteiger charge is -2.15. The van der Waals surface area contributed by atoms with Crippen molar-refractivity contribution in [3.8, 4) is 18.1 Å². The van der Waals surface area contributed by atoms with Gasteiger partial charge in [-0.15, -0.1) is 6.42 Å². The van der Waals surface area contributed by atoms with Crippen molar-refractivity contribution < 1.29 is 33.7 Å². The molecule has 4 aromatic rings. The largest absolute Gasteiger partial charge is 0.490 e. The molecule has 0 atom stereocenters. The van der Waals surface area contributed by atoms with Crippen molar-refractivity contribution in [2.45, 2.75) is 6.42 Å². The van der Waals surface area contributed by atoms with Gasteiger partial charge in [0.15, 0.2) is 11.6 Å². The number of terminal acetylenes is 1. The number of imidazole rings is 2. The van der Waals surface area contributed by atoms with Gasteiger partial charge in [-0.2, -0.15) is 0 Å². The molecular formula is C33H30FN9O6. The summed E-state index contributed by atoms with van der Waals surface area (Å²) in [6.07, 6.45) is 20.2. The summed E-state index contributed by atoms with van der Waals surface area (Å²) in [5, 5.41) is 21.8. The molecule has 15 nitrogen and oxygen atoms in total. The zero-order valence-corrected chi connectivity index (χ0v) is 25.6. The highest BCUT2D eigenvalue weighted by Crippen LogP contribution is 2.28. The average molecular weight is 668 g/mol. The number of rotatable bonds is 13. The second-order valence-corrected chi connectivity index (χ2v) is 10.1. The molecule has 0 aliphatic carbocycles. The minimum Gasteiger partial charge on any atom is -0.490 e. The molecular weight excluding hydrogens is 637 g/mol. The normalized spacial score (nSPS) is 12.3. The quantitative estimate of drug-likeness (QED) is 0.0616. The molecule has 2 aromatic carbocycles. The maximum Gasteiger partial charge on any atom is 0.337 e. The zero-order chi connectivity index (χ0) is 35.7. The number of nitrogens with two attached hydrogens (primary N) is 4. The lowest BCUT2D eigenvalue weighted by Crippen LogP contribution is -2.21. The lowest BCUT2D eigenvalue weighted by atomic mass is 9.95. The maximum absolute atomic E-state index is 15.0. The molecule has 250 valence electrons. The Balaban J connectivity index is 1.56. The molecule has 4 rings (SSSR count). The Bertz CT molecular complexity index is 2060. The number of carboxylic acid groups (broad SMARTS) is 2. The van der Waals surface area contributed by atoms with Crippen LogP contribution in [0.4, 0.5) is 10.1 Å². The fourth-order valence-corrected chi connectivity index (χ4v) is 4.32. The zero-order valence-electron chi connectivity index (χ0n) is 25.6. The van der Waals surface area contributed by atoms with Crippen LogP contribution in [0, 0.1) is 18.2 Å². The molecule has 0 radical (unpaired) electrons. The number of aromatic nitrogens is 4. The smallest absolute Gasteiger partial charge is 0.337 e. The summed E-state index contributed by atoms with van der Waals surface area (Å²) < 4.78 is 23.6. The Morgan fingerprint density at radius 3 is 2.04 bits per heavy atom. The van der Waals surface area contributed by atoms with Crippen LogP contribution in [0.1, 0.15) is 37.4 Å². The van der Waals surface area contributed by atoms with Crippen LogP contribution in [0.25, 0.3) is 17.3 Å². The third kappa shape index (κ3) is 8.51. The molecule has 0 saturated heterocycles. The van der Waals surface area contributed by atoms with E-state index in [4.69, 9.17) is 34.1 Å². The molecule has 0 bridgehead atoms. The van der Waals surface area contributed by atoms with Crippen LogP contribution >= 0.6 is 0 Å². The molecule has 0 spiro atoms. The Morgan fingerprint density at radius 1 is 0.878 bits per heavy atom. The second kappa shape index (κ2) is 15.3. The molecule has 16 heteroatoms. The number of halogens is 1. The number of ether oxygens (including phenoxy) is 1. The molecule has 11 N–H and O–H groups in total.